The van der Waals surface area contributed by atoms with E-state index in [1.165, 1.54) is 102 Å². The molecular weight excluding hydrogens is 395 g/mol. The Kier molecular flexibility index (Phi) is 8.24. The highest BCUT2D eigenvalue weighted by molar-refractivity contribution is 7.60. The van der Waals surface area contributed by atoms with Gasteiger partial charge in [-0.15, -0.1) is 0 Å². The van der Waals surface area contributed by atoms with Crippen LogP contribution in [0.1, 0.15) is 97.3 Å². The van der Waals surface area contributed by atoms with Gasteiger partial charge >= 0.3 is 0 Å². The van der Waals surface area contributed by atoms with Gasteiger partial charge in [-0.1, -0.05) is 64.2 Å². The van der Waals surface area contributed by atoms with Crippen molar-refractivity contribution in [1.82, 2.24) is 9.80 Å². The van der Waals surface area contributed by atoms with E-state index in [4.69, 9.17) is 0 Å². The second kappa shape index (κ2) is 10.9. The predicted octanol–water partition coefficient (Wildman–Crippen LogP) is 7.67. The van der Waals surface area contributed by atoms with E-state index in [0.29, 0.717) is 0 Å². The summed E-state index contributed by atoms with van der Waals surface area (Å²) in [5.41, 5.74) is 7.82. The van der Waals surface area contributed by atoms with Gasteiger partial charge in [0.05, 0.1) is 0 Å². The summed E-state index contributed by atoms with van der Waals surface area (Å²) in [5.74, 6) is 1.54. The van der Waals surface area contributed by atoms with E-state index in [2.05, 4.69) is 49.9 Å². The minimum atomic E-state index is 0.0764. The van der Waals surface area contributed by atoms with Crippen LogP contribution in [0.3, 0.4) is 0 Å². The van der Waals surface area contributed by atoms with Crippen LogP contribution in [0, 0.1) is 0 Å². The summed E-state index contributed by atoms with van der Waals surface area (Å²) in [4.78, 5) is 5.08. The van der Waals surface area contributed by atoms with Gasteiger partial charge in [-0.2, -0.15) is 0 Å². The zero-order valence-corrected chi connectivity index (χ0v) is 21.7. The summed E-state index contributed by atoms with van der Waals surface area (Å²) in [6, 6.07) is 0. The van der Waals surface area contributed by atoms with E-state index in [0.717, 1.165) is 17.0 Å². The van der Waals surface area contributed by atoms with Crippen LogP contribution in [-0.4, -0.2) is 54.0 Å². The van der Waals surface area contributed by atoms with Gasteiger partial charge in [0.2, 0.25) is 0 Å². The zero-order chi connectivity index (χ0) is 21.8. The van der Waals surface area contributed by atoms with Gasteiger partial charge < -0.3 is 9.80 Å². The Balaban J connectivity index is 1.75. The maximum absolute atomic E-state index is 2.59. The van der Waals surface area contributed by atoms with Crippen molar-refractivity contribution in [3.8, 4) is 0 Å². The molecule has 4 fully saturated rings. The Labute approximate surface area is 194 Å². The van der Waals surface area contributed by atoms with E-state index in [1.54, 1.807) is 17.0 Å². The van der Waals surface area contributed by atoms with Gasteiger partial charge in [-0.3, -0.25) is 0 Å². The molecule has 1 heterocycles. The molecule has 3 heteroatoms. The molecule has 1 unspecified atom stereocenters. The Morgan fingerprint density at radius 1 is 0.774 bits per heavy atom. The first-order valence-electron chi connectivity index (χ1n) is 13.3. The van der Waals surface area contributed by atoms with Gasteiger partial charge in [-0.05, 0) is 81.3 Å². The zero-order valence-electron chi connectivity index (χ0n) is 20.8. The smallest absolute Gasteiger partial charge is 0.107 e. The average molecular weight is 443 g/mol. The van der Waals surface area contributed by atoms with Crippen molar-refractivity contribution in [2.45, 2.75) is 114 Å². The minimum Gasteiger partial charge on any atom is -0.359 e. The summed E-state index contributed by atoms with van der Waals surface area (Å²) in [6.45, 7) is 6.88. The molecule has 4 aliphatic rings. The number of rotatable bonds is 4. The second-order valence-electron chi connectivity index (χ2n) is 11.0. The molecule has 1 atom stereocenters. The standard InChI is InChI=1S/C28H47N2P/c1-22(2)18-19-25-26(28-29(3)20-21-30(28)4)16-11-17-27(25)31(23-12-7-5-8-13-23)24-14-9-6-10-15-24/h18-19,23-24,27H,5-17,20-21H2,1-4H3. The summed E-state index contributed by atoms with van der Waals surface area (Å²) < 4.78 is 0. The molecular formula is C28H47N2P. The Morgan fingerprint density at radius 3 is 1.84 bits per heavy atom. The topological polar surface area (TPSA) is 6.48 Å². The molecule has 174 valence electrons. The maximum Gasteiger partial charge on any atom is 0.107 e. The fourth-order valence-corrected chi connectivity index (χ4v) is 11.4. The van der Waals surface area contributed by atoms with Crippen LogP contribution >= 0.6 is 7.92 Å². The highest BCUT2D eigenvalue weighted by Crippen LogP contribution is 2.63. The lowest BCUT2D eigenvalue weighted by atomic mass is 9.88. The minimum absolute atomic E-state index is 0.0764. The molecule has 0 aromatic carbocycles. The van der Waals surface area contributed by atoms with Crippen LogP contribution in [0.25, 0.3) is 0 Å². The molecule has 0 aromatic rings. The number of allylic oxidation sites excluding steroid dienone is 5. The summed E-state index contributed by atoms with van der Waals surface area (Å²) >= 11 is 0. The lowest BCUT2D eigenvalue weighted by molar-refractivity contribution is 0.408. The third-order valence-corrected chi connectivity index (χ3v) is 12.3. The van der Waals surface area contributed by atoms with Gasteiger partial charge in [0, 0.05) is 32.8 Å². The highest BCUT2D eigenvalue weighted by Gasteiger charge is 2.41. The van der Waals surface area contributed by atoms with Gasteiger partial charge in [-0.25, -0.2) is 0 Å². The van der Waals surface area contributed by atoms with Crippen LogP contribution in [0.15, 0.2) is 34.7 Å². The van der Waals surface area contributed by atoms with E-state index in [-0.39, 0.29) is 7.92 Å². The quantitative estimate of drug-likeness (QED) is 0.412. The molecule has 0 bridgehead atoms. The molecule has 3 aliphatic carbocycles. The van der Waals surface area contributed by atoms with E-state index < -0.39 is 0 Å². The first-order valence-corrected chi connectivity index (χ1v) is 14.9. The Morgan fingerprint density at radius 2 is 1.32 bits per heavy atom. The van der Waals surface area contributed by atoms with Crippen molar-refractivity contribution in [2.24, 2.45) is 0 Å². The molecule has 2 nitrogen and oxygen atoms in total. The van der Waals surface area contributed by atoms with Crippen molar-refractivity contribution in [3.63, 3.8) is 0 Å². The highest BCUT2D eigenvalue weighted by atomic mass is 31.1. The van der Waals surface area contributed by atoms with Crippen molar-refractivity contribution < 1.29 is 0 Å². The molecule has 0 N–H and O–H groups in total. The van der Waals surface area contributed by atoms with Gasteiger partial charge in [0.1, 0.15) is 5.82 Å². The first kappa shape index (κ1) is 23.4. The number of likely N-dealkylation sites (N-methyl/N-ethyl adjacent to an activating group) is 2. The molecule has 0 radical (unpaired) electrons. The predicted molar refractivity (Wildman–Crippen MR) is 138 cm³/mol. The van der Waals surface area contributed by atoms with Crippen LogP contribution < -0.4 is 0 Å². The Bertz CT molecular complexity index is 660. The molecule has 31 heavy (non-hydrogen) atoms. The average Bonchev–Trinajstić information content (AvgIpc) is 3.12. The van der Waals surface area contributed by atoms with Crippen LogP contribution in [0.4, 0.5) is 0 Å². The van der Waals surface area contributed by atoms with E-state index in [9.17, 15) is 0 Å². The third kappa shape index (κ3) is 5.43. The monoisotopic (exact) mass is 442 g/mol. The molecule has 3 saturated carbocycles. The van der Waals surface area contributed by atoms with Crippen molar-refractivity contribution in [2.75, 3.05) is 27.2 Å². The van der Waals surface area contributed by atoms with Crippen molar-refractivity contribution in [3.05, 3.63) is 34.7 Å². The lowest BCUT2D eigenvalue weighted by Crippen LogP contribution is -2.31. The molecule has 0 amide bonds. The molecule has 1 saturated heterocycles. The van der Waals surface area contributed by atoms with Crippen LogP contribution in [0.2, 0.25) is 0 Å². The van der Waals surface area contributed by atoms with E-state index in [1.807, 2.05) is 0 Å². The molecule has 1 aliphatic heterocycles. The largest absolute Gasteiger partial charge is 0.359 e. The Hall–Kier alpha value is -0.750. The SMILES string of the molecule is CC(C)=CC=C1C(=C2N(C)CCN2C)CCCC1P(C1CCCCC1)C1CCCCC1. The van der Waals surface area contributed by atoms with Gasteiger partial charge in [0.15, 0.2) is 0 Å². The van der Waals surface area contributed by atoms with Crippen molar-refractivity contribution >= 4 is 7.92 Å². The van der Waals surface area contributed by atoms with E-state index >= 15 is 0 Å². The van der Waals surface area contributed by atoms with Crippen LogP contribution in [0.5, 0.6) is 0 Å². The normalized spacial score (nSPS) is 28.2. The number of hydrogen-bond acceptors (Lipinski definition) is 2. The summed E-state index contributed by atoms with van der Waals surface area (Å²) in [5, 5.41) is 0. The number of nitrogens with zero attached hydrogens (tertiary/aromatic N) is 2. The number of hydrogen-bond donors (Lipinski definition) is 0. The van der Waals surface area contributed by atoms with Crippen molar-refractivity contribution in [1.29, 1.82) is 0 Å². The van der Waals surface area contributed by atoms with Crippen LogP contribution in [-0.2, 0) is 0 Å². The van der Waals surface area contributed by atoms with Gasteiger partial charge in [0.25, 0.3) is 0 Å². The maximum atomic E-state index is 2.59. The summed E-state index contributed by atoms with van der Waals surface area (Å²) in [7, 11) is 4.71. The lowest BCUT2D eigenvalue weighted by Gasteiger charge is -2.46. The summed E-state index contributed by atoms with van der Waals surface area (Å²) in [6.07, 6.45) is 24.2. The second-order valence-corrected chi connectivity index (χ2v) is 13.9. The molecule has 0 spiro atoms. The first-order chi connectivity index (χ1) is 15.1. The fourth-order valence-electron chi connectivity index (χ4n) is 6.82. The third-order valence-electron chi connectivity index (χ3n) is 8.32. The fraction of sp³-hybridized carbons (Fsp3) is 0.786. The molecule has 4 rings (SSSR count). The molecule has 0 aromatic heterocycles.